The van der Waals surface area contributed by atoms with Gasteiger partial charge in [0.25, 0.3) is 0 Å². The van der Waals surface area contributed by atoms with Crippen LogP contribution in [0.3, 0.4) is 0 Å². The first-order valence-electron chi connectivity index (χ1n) is 8.44. The van der Waals surface area contributed by atoms with Crippen molar-refractivity contribution in [1.29, 1.82) is 0 Å². The van der Waals surface area contributed by atoms with E-state index in [1.165, 1.54) is 0 Å². The van der Waals surface area contributed by atoms with Gasteiger partial charge < -0.3 is 23.6 Å². The van der Waals surface area contributed by atoms with E-state index in [4.69, 9.17) is 18.3 Å². The van der Waals surface area contributed by atoms with Gasteiger partial charge in [-0.2, -0.15) is 0 Å². The maximum Gasteiger partial charge on any atom is 0.231 e. The maximum absolute atomic E-state index is 5.54. The van der Waals surface area contributed by atoms with Gasteiger partial charge in [-0.3, -0.25) is 0 Å². The highest BCUT2D eigenvalue weighted by molar-refractivity contribution is 5.75. The Morgan fingerprint density at radius 3 is 2.56 bits per heavy atom. The first kappa shape index (κ1) is 15.5. The Morgan fingerprint density at radius 2 is 1.74 bits per heavy atom. The minimum absolute atomic E-state index is 0.260. The molecule has 3 aromatic heterocycles. The zero-order chi connectivity index (χ0) is 18.1. The summed E-state index contributed by atoms with van der Waals surface area (Å²) in [5.74, 6) is 3.34. The van der Waals surface area contributed by atoms with Crippen molar-refractivity contribution in [3.63, 3.8) is 0 Å². The van der Waals surface area contributed by atoms with Gasteiger partial charge in [-0.25, -0.2) is 9.97 Å². The molecule has 0 atom stereocenters. The minimum Gasteiger partial charge on any atom is -0.464 e. The monoisotopic (exact) mass is 361 g/mol. The van der Waals surface area contributed by atoms with Crippen LogP contribution in [-0.2, 0) is 6.54 Å². The molecule has 27 heavy (non-hydrogen) atoms. The second-order valence-corrected chi connectivity index (χ2v) is 5.95. The predicted molar refractivity (Wildman–Crippen MR) is 97.3 cm³/mol. The fraction of sp³-hybridized carbons (Fsp3) is 0.100. The van der Waals surface area contributed by atoms with Crippen molar-refractivity contribution in [3.05, 3.63) is 66.8 Å². The second-order valence-electron chi connectivity index (χ2n) is 5.95. The molecule has 1 aliphatic rings. The van der Waals surface area contributed by atoms with Crippen molar-refractivity contribution in [3.8, 4) is 34.3 Å². The Kier molecular flexibility index (Phi) is 3.75. The first-order chi connectivity index (χ1) is 13.4. The lowest BCUT2D eigenvalue weighted by molar-refractivity contribution is 0.174. The number of furan rings is 2. The summed E-state index contributed by atoms with van der Waals surface area (Å²) in [5, 5.41) is 3.24. The van der Waals surface area contributed by atoms with Crippen molar-refractivity contribution >= 4 is 5.95 Å². The number of fused-ring (bicyclic) bond motifs is 1. The summed E-state index contributed by atoms with van der Waals surface area (Å²) in [4.78, 5) is 9.04. The molecule has 1 aliphatic heterocycles. The van der Waals surface area contributed by atoms with E-state index >= 15 is 0 Å². The molecule has 0 unspecified atom stereocenters. The molecule has 0 amide bonds. The first-order valence-corrected chi connectivity index (χ1v) is 8.44. The van der Waals surface area contributed by atoms with Crippen LogP contribution in [0.2, 0.25) is 0 Å². The Labute approximate surface area is 154 Å². The largest absolute Gasteiger partial charge is 0.464 e. The fourth-order valence-corrected chi connectivity index (χ4v) is 2.91. The van der Waals surface area contributed by atoms with Gasteiger partial charge in [0, 0.05) is 12.7 Å². The SMILES string of the molecule is c1coc(-c2cnc(NCc3ccc4c(c3)OCO4)nc2-c2ccco2)c1. The Bertz CT molecular complexity index is 1060. The zero-order valence-corrected chi connectivity index (χ0v) is 14.2. The molecule has 7 heteroatoms. The molecule has 0 bridgehead atoms. The summed E-state index contributed by atoms with van der Waals surface area (Å²) >= 11 is 0. The van der Waals surface area contributed by atoms with Crippen LogP contribution in [0.25, 0.3) is 22.8 Å². The second kappa shape index (κ2) is 6.53. The topological polar surface area (TPSA) is 82.6 Å². The van der Waals surface area contributed by atoms with E-state index in [1.54, 1.807) is 18.7 Å². The van der Waals surface area contributed by atoms with E-state index in [2.05, 4.69) is 15.3 Å². The van der Waals surface area contributed by atoms with Crippen LogP contribution in [0, 0.1) is 0 Å². The van der Waals surface area contributed by atoms with Crippen molar-refractivity contribution in [1.82, 2.24) is 9.97 Å². The van der Waals surface area contributed by atoms with Gasteiger partial charge in [0.15, 0.2) is 17.3 Å². The number of benzene rings is 1. The fourth-order valence-electron chi connectivity index (χ4n) is 2.91. The van der Waals surface area contributed by atoms with Gasteiger partial charge in [-0.1, -0.05) is 6.07 Å². The molecule has 5 rings (SSSR count). The molecule has 4 aromatic rings. The predicted octanol–water partition coefficient (Wildman–Crippen LogP) is 4.34. The molecule has 1 N–H and O–H groups in total. The van der Waals surface area contributed by atoms with E-state index < -0.39 is 0 Å². The van der Waals surface area contributed by atoms with E-state index in [0.29, 0.717) is 29.7 Å². The highest BCUT2D eigenvalue weighted by Crippen LogP contribution is 2.33. The highest BCUT2D eigenvalue weighted by atomic mass is 16.7. The quantitative estimate of drug-likeness (QED) is 0.566. The van der Waals surface area contributed by atoms with E-state index in [-0.39, 0.29) is 6.79 Å². The number of aromatic nitrogens is 2. The maximum atomic E-state index is 5.54. The van der Waals surface area contributed by atoms with Gasteiger partial charge in [-0.05, 0) is 42.0 Å². The number of hydrogen-bond acceptors (Lipinski definition) is 7. The molecule has 0 spiro atoms. The smallest absolute Gasteiger partial charge is 0.231 e. The number of nitrogens with one attached hydrogen (secondary N) is 1. The molecule has 7 nitrogen and oxygen atoms in total. The van der Waals surface area contributed by atoms with Crippen molar-refractivity contribution < 1.29 is 18.3 Å². The summed E-state index contributed by atoms with van der Waals surface area (Å²) in [7, 11) is 0. The Hall–Kier alpha value is -3.74. The summed E-state index contributed by atoms with van der Waals surface area (Å²) in [6.07, 6.45) is 4.96. The Balaban J connectivity index is 1.42. The third-order valence-electron chi connectivity index (χ3n) is 4.22. The Morgan fingerprint density at radius 1 is 0.926 bits per heavy atom. The van der Waals surface area contributed by atoms with Gasteiger partial charge in [-0.15, -0.1) is 0 Å². The zero-order valence-electron chi connectivity index (χ0n) is 14.2. The molecule has 0 aliphatic carbocycles. The van der Waals surface area contributed by atoms with Crippen LogP contribution in [0.5, 0.6) is 11.5 Å². The molecule has 0 saturated carbocycles. The van der Waals surface area contributed by atoms with Crippen LogP contribution in [-0.4, -0.2) is 16.8 Å². The molecule has 1 aromatic carbocycles. The standard InChI is InChI=1S/C20H15N3O4/c1-3-15(24-7-1)14-11-22-20(23-19(14)17-4-2-8-25-17)21-10-13-5-6-16-18(9-13)27-12-26-16/h1-9,11H,10,12H2,(H,21,22,23). The van der Waals surface area contributed by atoms with Crippen molar-refractivity contribution in [2.75, 3.05) is 12.1 Å². The molecule has 4 heterocycles. The van der Waals surface area contributed by atoms with Gasteiger partial charge >= 0.3 is 0 Å². The lowest BCUT2D eigenvalue weighted by Gasteiger charge is -2.09. The van der Waals surface area contributed by atoms with Gasteiger partial charge in [0.05, 0.1) is 18.1 Å². The van der Waals surface area contributed by atoms with Crippen LogP contribution < -0.4 is 14.8 Å². The van der Waals surface area contributed by atoms with Gasteiger partial charge in [0.2, 0.25) is 12.7 Å². The molecule has 134 valence electrons. The van der Waals surface area contributed by atoms with Crippen LogP contribution in [0.4, 0.5) is 5.95 Å². The van der Waals surface area contributed by atoms with Crippen molar-refractivity contribution in [2.24, 2.45) is 0 Å². The number of anilines is 1. The summed E-state index contributed by atoms with van der Waals surface area (Å²) in [6, 6.07) is 13.2. The van der Waals surface area contributed by atoms with E-state index in [0.717, 1.165) is 22.6 Å². The molecule has 0 radical (unpaired) electrons. The van der Waals surface area contributed by atoms with Crippen LogP contribution in [0.1, 0.15) is 5.56 Å². The number of rotatable bonds is 5. The summed E-state index contributed by atoms with van der Waals surface area (Å²) in [6.45, 7) is 0.810. The third-order valence-corrected chi connectivity index (χ3v) is 4.22. The lowest BCUT2D eigenvalue weighted by Crippen LogP contribution is -2.05. The summed E-state index contributed by atoms with van der Waals surface area (Å²) < 4.78 is 21.8. The highest BCUT2D eigenvalue weighted by Gasteiger charge is 2.16. The lowest BCUT2D eigenvalue weighted by atomic mass is 10.1. The van der Waals surface area contributed by atoms with Crippen LogP contribution in [0.15, 0.2) is 70.0 Å². The number of ether oxygens (including phenoxy) is 2. The normalized spacial score (nSPS) is 12.3. The minimum atomic E-state index is 0.260. The number of hydrogen-bond donors (Lipinski definition) is 1. The summed E-state index contributed by atoms with van der Waals surface area (Å²) in [5.41, 5.74) is 2.47. The molecular formula is C20H15N3O4. The van der Waals surface area contributed by atoms with Crippen LogP contribution >= 0.6 is 0 Å². The molecule has 0 saturated heterocycles. The van der Waals surface area contributed by atoms with Gasteiger partial charge in [0.1, 0.15) is 11.5 Å². The average Bonchev–Trinajstić information content (AvgIpc) is 3.48. The third kappa shape index (κ3) is 2.99. The van der Waals surface area contributed by atoms with E-state index in [1.807, 2.05) is 42.5 Å². The molecule has 0 fully saturated rings. The molecular weight excluding hydrogens is 346 g/mol. The number of nitrogens with zero attached hydrogens (tertiary/aromatic N) is 2. The van der Waals surface area contributed by atoms with E-state index in [9.17, 15) is 0 Å². The average molecular weight is 361 g/mol. The van der Waals surface area contributed by atoms with Crippen molar-refractivity contribution in [2.45, 2.75) is 6.54 Å².